The van der Waals surface area contributed by atoms with Gasteiger partial charge in [-0.3, -0.25) is 4.79 Å². The largest absolute Gasteiger partial charge is 0.496 e. The predicted molar refractivity (Wildman–Crippen MR) is 83.8 cm³/mol. The first-order valence-electron chi connectivity index (χ1n) is 6.27. The summed E-state index contributed by atoms with van der Waals surface area (Å²) in [6.07, 6.45) is 0. The Balaban J connectivity index is 2.94. The van der Waals surface area contributed by atoms with Crippen LogP contribution in [0.25, 0.3) is 0 Å². The molecule has 0 unspecified atom stereocenters. The molecular formula is C13H19BrN2O4S. The second-order valence-electron chi connectivity index (χ2n) is 4.78. The summed E-state index contributed by atoms with van der Waals surface area (Å²) in [6.45, 7) is 3.39. The number of nitrogens with one attached hydrogen (secondary N) is 1. The maximum absolute atomic E-state index is 12.4. The smallest absolute Gasteiger partial charge is 0.243 e. The number of methoxy groups -OCH3 is 1. The summed E-state index contributed by atoms with van der Waals surface area (Å²) in [4.78, 5) is 11.8. The summed E-state index contributed by atoms with van der Waals surface area (Å²) in [5, 5.41) is 2.65. The number of halogens is 1. The molecule has 0 aliphatic carbocycles. The van der Waals surface area contributed by atoms with E-state index in [1.807, 2.05) is 13.8 Å². The fraction of sp³-hybridized carbons (Fsp3) is 0.462. The zero-order valence-electron chi connectivity index (χ0n) is 12.4. The van der Waals surface area contributed by atoms with E-state index in [0.29, 0.717) is 10.2 Å². The van der Waals surface area contributed by atoms with Crippen molar-refractivity contribution in [2.24, 2.45) is 0 Å². The topological polar surface area (TPSA) is 75.7 Å². The van der Waals surface area contributed by atoms with Crippen LogP contribution in [0.5, 0.6) is 5.75 Å². The summed E-state index contributed by atoms with van der Waals surface area (Å²) >= 11 is 3.25. The lowest BCUT2D eigenvalue weighted by molar-refractivity contribution is -0.121. The van der Waals surface area contributed by atoms with Gasteiger partial charge < -0.3 is 10.1 Å². The molecule has 1 rings (SSSR count). The molecule has 0 saturated carbocycles. The van der Waals surface area contributed by atoms with Crippen LogP contribution >= 0.6 is 15.9 Å². The molecule has 0 radical (unpaired) electrons. The third kappa shape index (κ3) is 4.69. The Hall–Kier alpha value is -1.12. The van der Waals surface area contributed by atoms with E-state index < -0.39 is 10.0 Å². The number of hydrogen-bond donors (Lipinski definition) is 1. The molecule has 0 spiro atoms. The Morgan fingerprint density at radius 1 is 1.43 bits per heavy atom. The van der Waals surface area contributed by atoms with Gasteiger partial charge in [-0.2, -0.15) is 4.31 Å². The van der Waals surface area contributed by atoms with E-state index >= 15 is 0 Å². The minimum absolute atomic E-state index is 0.0382. The first-order chi connectivity index (χ1) is 9.68. The lowest BCUT2D eigenvalue weighted by Crippen LogP contribution is -2.40. The van der Waals surface area contributed by atoms with Crippen molar-refractivity contribution >= 4 is 31.9 Å². The van der Waals surface area contributed by atoms with Gasteiger partial charge in [-0.1, -0.05) is 0 Å². The molecule has 1 N–H and O–H groups in total. The average molecular weight is 379 g/mol. The molecule has 0 heterocycles. The zero-order valence-corrected chi connectivity index (χ0v) is 14.8. The van der Waals surface area contributed by atoms with E-state index in [0.717, 1.165) is 4.31 Å². The van der Waals surface area contributed by atoms with Crippen molar-refractivity contribution in [2.75, 3.05) is 20.7 Å². The second-order valence-corrected chi connectivity index (χ2v) is 7.68. The van der Waals surface area contributed by atoms with Crippen LogP contribution in [0.3, 0.4) is 0 Å². The van der Waals surface area contributed by atoms with Crippen LogP contribution in [0.2, 0.25) is 0 Å². The Kier molecular flexibility index (Phi) is 6.18. The maximum atomic E-state index is 12.4. The molecule has 1 aromatic rings. The van der Waals surface area contributed by atoms with Crippen molar-refractivity contribution in [2.45, 2.75) is 24.8 Å². The molecule has 6 nitrogen and oxygen atoms in total. The molecule has 0 bridgehead atoms. The molecule has 1 amide bonds. The van der Waals surface area contributed by atoms with Crippen LogP contribution in [0, 0.1) is 0 Å². The van der Waals surface area contributed by atoms with Gasteiger partial charge in [0.15, 0.2) is 0 Å². The van der Waals surface area contributed by atoms with Gasteiger partial charge in [0.05, 0.1) is 23.0 Å². The number of likely N-dealkylation sites (N-methyl/N-ethyl adjacent to an activating group) is 1. The molecule has 21 heavy (non-hydrogen) atoms. The number of carbonyl (C=O) groups is 1. The zero-order chi connectivity index (χ0) is 16.2. The fourth-order valence-corrected chi connectivity index (χ4v) is 3.49. The van der Waals surface area contributed by atoms with Gasteiger partial charge in [0.25, 0.3) is 0 Å². The number of ether oxygens (including phenoxy) is 1. The highest BCUT2D eigenvalue weighted by atomic mass is 79.9. The Labute approximate surface area is 133 Å². The van der Waals surface area contributed by atoms with Crippen molar-refractivity contribution in [3.8, 4) is 5.75 Å². The van der Waals surface area contributed by atoms with Crippen molar-refractivity contribution in [1.29, 1.82) is 0 Å². The summed E-state index contributed by atoms with van der Waals surface area (Å²) < 4.78 is 31.4. The Morgan fingerprint density at radius 2 is 2.05 bits per heavy atom. The van der Waals surface area contributed by atoms with Crippen molar-refractivity contribution in [1.82, 2.24) is 9.62 Å². The number of nitrogens with zero attached hydrogens (tertiary/aromatic N) is 1. The van der Waals surface area contributed by atoms with E-state index in [9.17, 15) is 13.2 Å². The summed E-state index contributed by atoms with van der Waals surface area (Å²) in [5.74, 6) is 0.192. The van der Waals surface area contributed by atoms with Crippen LogP contribution in [-0.4, -0.2) is 45.4 Å². The standard InChI is InChI=1S/C13H19BrN2O4S/c1-9(2)15-13(17)8-16(3)21(18,19)10-5-6-12(20-4)11(14)7-10/h5-7,9H,8H2,1-4H3,(H,15,17). The van der Waals surface area contributed by atoms with Crippen molar-refractivity contribution in [3.05, 3.63) is 22.7 Å². The van der Waals surface area contributed by atoms with Gasteiger partial charge in [0, 0.05) is 13.1 Å². The lowest BCUT2D eigenvalue weighted by atomic mass is 10.3. The third-order valence-electron chi connectivity index (χ3n) is 2.65. The SMILES string of the molecule is COc1ccc(S(=O)(=O)N(C)CC(=O)NC(C)C)cc1Br. The Morgan fingerprint density at radius 3 is 2.52 bits per heavy atom. The minimum Gasteiger partial charge on any atom is -0.496 e. The molecule has 0 atom stereocenters. The van der Waals surface area contributed by atoms with Gasteiger partial charge in [-0.25, -0.2) is 8.42 Å². The molecule has 1 aromatic carbocycles. The molecule has 0 fully saturated rings. The van der Waals surface area contributed by atoms with Gasteiger partial charge >= 0.3 is 0 Å². The molecule has 118 valence electrons. The highest BCUT2D eigenvalue weighted by Gasteiger charge is 2.24. The van der Waals surface area contributed by atoms with E-state index in [-0.39, 0.29) is 23.4 Å². The normalized spacial score (nSPS) is 11.8. The number of benzene rings is 1. The fourth-order valence-electron chi connectivity index (χ4n) is 1.64. The minimum atomic E-state index is -3.73. The van der Waals surface area contributed by atoms with E-state index in [1.165, 1.54) is 26.3 Å². The number of rotatable bonds is 6. The number of carbonyl (C=O) groups excluding carboxylic acids is 1. The van der Waals surface area contributed by atoms with Crippen LogP contribution in [0.1, 0.15) is 13.8 Å². The third-order valence-corrected chi connectivity index (χ3v) is 5.07. The molecule has 0 aliphatic heterocycles. The van der Waals surface area contributed by atoms with Gasteiger partial charge in [-0.15, -0.1) is 0 Å². The quantitative estimate of drug-likeness (QED) is 0.815. The highest BCUT2D eigenvalue weighted by molar-refractivity contribution is 9.10. The number of amides is 1. The number of hydrogen-bond acceptors (Lipinski definition) is 4. The molecule has 0 aromatic heterocycles. The van der Waals surface area contributed by atoms with E-state index in [2.05, 4.69) is 21.2 Å². The second kappa shape index (κ2) is 7.24. The first kappa shape index (κ1) is 17.9. The Bertz CT molecular complexity index is 617. The lowest BCUT2D eigenvalue weighted by Gasteiger charge is -2.18. The molecular weight excluding hydrogens is 360 g/mol. The monoisotopic (exact) mass is 378 g/mol. The van der Waals surface area contributed by atoms with Gasteiger partial charge in [-0.05, 0) is 48.0 Å². The maximum Gasteiger partial charge on any atom is 0.243 e. The molecule has 0 saturated heterocycles. The summed E-state index contributed by atoms with van der Waals surface area (Å²) in [7, 11) is -0.865. The van der Waals surface area contributed by atoms with Crippen molar-refractivity contribution < 1.29 is 17.9 Å². The van der Waals surface area contributed by atoms with Crippen molar-refractivity contribution in [3.63, 3.8) is 0 Å². The summed E-state index contributed by atoms with van der Waals surface area (Å²) in [5.41, 5.74) is 0. The van der Waals surface area contributed by atoms with Crippen LogP contribution in [0.4, 0.5) is 0 Å². The summed E-state index contributed by atoms with van der Waals surface area (Å²) in [6, 6.07) is 4.41. The van der Waals surface area contributed by atoms with Crippen LogP contribution < -0.4 is 10.1 Å². The van der Waals surface area contributed by atoms with E-state index in [1.54, 1.807) is 6.07 Å². The molecule has 0 aliphatic rings. The van der Waals surface area contributed by atoms with E-state index in [4.69, 9.17) is 4.74 Å². The average Bonchev–Trinajstić information content (AvgIpc) is 2.37. The number of sulfonamides is 1. The predicted octanol–water partition coefficient (Wildman–Crippen LogP) is 1.60. The first-order valence-corrected chi connectivity index (χ1v) is 8.51. The highest BCUT2D eigenvalue weighted by Crippen LogP contribution is 2.28. The van der Waals surface area contributed by atoms with Gasteiger partial charge in [0.1, 0.15) is 5.75 Å². The molecule has 8 heteroatoms. The van der Waals surface area contributed by atoms with Gasteiger partial charge in [0.2, 0.25) is 15.9 Å². The van der Waals surface area contributed by atoms with Crippen LogP contribution in [-0.2, 0) is 14.8 Å². The van der Waals surface area contributed by atoms with Crippen LogP contribution in [0.15, 0.2) is 27.6 Å².